The number of anilines is 1. The second-order valence-electron chi connectivity index (χ2n) is 9.76. The number of carbonyl (C=O) groups excluding carboxylic acids is 2. The second-order valence-corrected chi connectivity index (χ2v) is 11.4. The quantitative estimate of drug-likeness (QED) is 0.479. The van der Waals surface area contributed by atoms with Crippen LogP contribution in [0.2, 0.25) is 0 Å². The van der Waals surface area contributed by atoms with Gasteiger partial charge in [-0.1, -0.05) is 0 Å². The van der Waals surface area contributed by atoms with Gasteiger partial charge in [-0.3, -0.25) is 4.79 Å². The Kier molecular flexibility index (Phi) is 8.93. The summed E-state index contributed by atoms with van der Waals surface area (Å²) in [6.07, 6.45) is 1.20. The van der Waals surface area contributed by atoms with Crippen molar-refractivity contribution in [1.82, 2.24) is 14.8 Å². The van der Waals surface area contributed by atoms with E-state index in [1.54, 1.807) is 33.4 Å². The van der Waals surface area contributed by atoms with E-state index in [4.69, 9.17) is 9.72 Å². The average Bonchev–Trinajstić information content (AvgIpc) is 2.59. The van der Waals surface area contributed by atoms with Crippen LogP contribution in [0, 0.1) is 0 Å². The van der Waals surface area contributed by atoms with Gasteiger partial charge in [0.2, 0.25) is 0 Å². The first-order valence-corrected chi connectivity index (χ1v) is 10.9. The molecular formula is C22H37N5O3S. The van der Waals surface area contributed by atoms with Crippen LogP contribution in [0.5, 0.6) is 0 Å². The van der Waals surface area contributed by atoms with E-state index in [0.29, 0.717) is 22.6 Å². The van der Waals surface area contributed by atoms with E-state index >= 15 is 0 Å². The number of aromatic nitrogens is 1. The molecule has 0 spiro atoms. The standard InChI is InChI=1S/C22H37N5O3S/c1-21(2,3)30-20(29)27(11)14-17-16(13-23-31-22(4,5)6)15(19(28)26(9)10)12-18(24-17)25(7)8/h12-13H,14H2,1-11H3. The maximum absolute atomic E-state index is 13.0. The van der Waals surface area contributed by atoms with Gasteiger partial charge in [-0.15, -0.1) is 0 Å². The van der Waals surface area contributed by atoms with Crippen molar-refractivity contribution in [3.63, 3.8) is 0 Å². The molecule has 1 aromatic heterocycles. The predicted molar refractivity (Wildman–Crippen MR) is 129 cm³/mol. The van der Waals surface area contributed by atoms with Gasteiger partial charge in [-0.05, 0) is 59.6 Å². The van der Waals surface area contributed by atoms with E-state index in [0.717, 1.165) is 0 Å². The molecular weight excluding hydrogens is 414 g/mol. The van der Waals surface area contributed by atoms with E-state index in [1.165, 1.54) is 21.7 Å². The molecule has 0 atom stereocenters. The van der Waals surface area contributed by atoms with Crippen molar-refractivity contribution < 1.29 is 14.3 Å². The fourth-order valence-corrected chi connectivity index (χ4v) is 2.85. The molecule has 0 radical (unpaired) electrons. The van der Waals surface area contributed by atoms with Gasteiger partial charge in [-0.2, -0.15) is 0 Å². The normalized spacial score (nSPS) is 12.1. The zero-order chi connectivity index (χ0) is 24.1. The summed E-state index contributed by atoms with van der Waals surface area (Å²) < 4.78 is 9.88. The third-order valence-corrected chi connectivity index (χ3v) is 4.58. The molecule has 0 saturated carbocycles. The monoisotopic (exact) mass is 451 g/mol. The summed E-state index contributed by atoms with van der Waals surface area (Å²) >= 11 is 1.41. The van der Waals surface area contributed by atoms with Gasteiger partial charge in [0.05, 0.1) is 17.8 Å². The van der Waals surface area contributed by atoms with Crippen molar-refractivity contribution >= 4 is 36.0 Å². The van der Waals surface area contributed by atoms with Crippen LogP contribution in [0.4, 0.5) is 10.6 Å². The van der Waals surface area contributed by atoms with E-state index in [2.05, 4.69) is 25.2 Å². The van der Waals surface area contributed by atoms with Gasteiger partial charge in [0, 0.05) is 51.8 Å². The summed E-state index contributed by atoms with van der Waals surface area (Å²) in [7, 11) is 8.77. The highest BCUT2D eigenvalue weighted by Crippen LogP contribution is 2.26. The summed E-state index contributed by atoms with van der Waals surface area (Å²) in [4.78, 5) is 35.0. The van der Waals surface area contributed by atoms with Crippen molar-refractivity contribution in [1.29, 1.82) is 0 Å². The lowest BCUT2D eigenvalue weighted by molar-refractivity contribution is 0.0283. The fourth-order valence-electron chi connectivity index (χ4n) is 2.37. The van der Waals surface area contributed by atoms with Crippen LogP contribution >= 0.6 is 11.9 Å². The number of pyridine rings is 1. The van der Waals surface area contributed by atoms with Crippen LogP contribution in [0.15, 0.2) is 10.5 Å². The largest absolute Gasteiger partial charge is 0.444 e. The fraction of sp³-hybridized carbons (Fsp3) is 0.636. The number of rotatable bonds is 6. The lowest BCUT2D eigenvalue weighted by Crippen LogP contribution is -2.34. The number of amides is 2. The highest BCUT2D eigenvalue weighted by atomic mass is 32.2. The highest BCUT2D eigenvalue weighted by molar-refractivity contribution is 7.99. The molecule has 1 rings (SSSR count). The summed E-state index contributed by atoms with van der Waals surface area (Å²) in [5.74, 6) is 0.465. The van der Waals surface area contributed by atoms with Crippen molar-refractivity contribution in [2.75, 3.05) is 40.1 Å². The molecule has 0 N–H and O–H groups in total. The van der Waals surface area contributed by atoms with Gasteiger partial charge in [-0.25, -0.2) is 14.2 Å². The lowest BCUT2D eigenvalue weighted by Gasteiger charge is -2.26. The molecule has 1 heterocycles. The summed E-state index contributed by atoms with van der Waals surface area (Å²) in [5, 5.41) is 0. The van der Waals surface area contributed by atoms with Crippen molar-refractivity contribution in [3.05, 3.63) is 22.9 Å². The van der Waals surface area contributed by atoms with E-state index in [1.807, 2.05) is 39.8 Å². The lowest BCUT2D eigenvalue weighted by atomic mass is 10.0. The molecule has 0 aliphatic rings. The third kappa shape index (κ3) is 8.77. The third-order valence-electron chi connectivity index (χ3n) is 3.82. The average molecular weight is 452 g/mol. The van der Waals surface area contributed by atoms with Crippen LogP contribution < -0.4 is 4.90 Å². The molecule has 1 aromatic rings. The summed E-state index contributed by atoms with van der Waals surface area (Å²) in [6.45, 7) is 11.8. The molecule has 174 valence electrons. The van der Waals surface area contributed by atoms with Crippen LogP contribution in [0.25, 0.3) is 0 Å². The number of carbonyl (C=O) groups is 2. The Bertz CT molecular complexity index is 824. The summed E-state index contributed by atoms with van der Waals surface area (Å²) in [5.41, 5.74) is 1.04. The molecule has 0 fully saturated rings. The second kappa shape index (κ2) is 10.3. The SMILES string of the molecule is CN(C)C(=O)c1cc(N(C)C)nc(CN(C)C(=O)OC(C)(C)C)c1C=NSC(C)(C)C. The maximum Gasteiger partial charge on any atom is 0.410 e. The Morgan fingerprint density at radius 1 is 1.10 bits per heavy atom. The van der Waals surface area contributed by atoms with Gasteiger partial charge in [0.25, 0.3) is 5.91 Å². The number of hydrogen-bond acceptors (Lipinski definition) is 7. The minimum atomic E-state index is -0.607. The Morgan fingerprint density at radius 2 is 1.68 bits per heavy atom. The van der Waals surface area contributed by atoms with Crippen LogP contribution in [-0.4, -0.2) is 78.6 Å². The number of ether oxygens (including phenoxy) is 1. The predicted octanol–water partition coefficient (Wildman–Crippen LogP) is 4.08. The van der Waals surface area contributed by atoms with Gasteiger partial charge >= 0.3 is 6.09 Å². The number of hydrogen-bond donors (Lipinski definition) is 0. The zero-order valence-corrected chi connectivity index (χ0v) is 21.5. The van der Waals surface area contributed by atoms with E-state index in [-0.39, 0.29) is 17.2 Å². The van der Waals surface area contributed by atoms with Crippen molar-refractivity contribution in [2.45, 2.75) is 58.4 Å². The Hall–Kier alpha value is -2.29. The maximum atomic E-state index is 13.0. The topological polar surface area (TPSA) is 78.3 Å². The molecule has 31 heavy (non-hydrogen) atoms. The molecule has 0 aromatic carbocycles. The molecule has 0 aliphatic heterocycles. The zero-order valence-electron chi connectivity index (χ0n) is 20.7. The van der Waals surface area contributed by atoms with Crippen LogP contribution in [0.3, 0.4) is 0 Å². The van der Waals surface area contributed by atoms with Crippen LogP contribution in [-0.2, 0) is 11.3 Å². The molecule has 0 aliphatic carbocycles. The first-order chi connectivity index (χ1) is 14.0. The smallest absolute Gasteiger partial charge is 0.410 e. The Labute approximate surface area is 191 Å². The minimum Gasteiger partial charge on any atom is -0.444 e. The van der Waals surface area contributed by atoms with E-state index < -0.39 is 11.7 Å². The molecule has 0 unspecified atom stereocenters. The Morgan fingerprint density at radius 3 is 2.13 bits per heavy atom. The van der Waals surface area contributed by atoms with Gasteiger partial charge < -0.3 is 19.4 Å². The van der Waals surface area contributed by atoms with Gasteiger partial charge in [0.15, 0.2) is 0 Å². The molecule has 0 bridgehead atoms. The molecule has 2 amide bonds. The molecule has 9 heteroatoms. The van der Waals surface area contributed by atoms with E-state index in [9.17, 15) is 9.59 Å². The highest BCUT2D eigenvalue weighted by Gasteiger charge is 2.24. The summed E-state index contributed by atoms with van der Waals surface area (Å²) in [6, 6.07) is 1.75. The van der Waals surface area contributed by atoms with Crippen LogP contribution in [0.1, 0.15) is 63.2 Å². The number of nitrogens with zero attached hydrogens (tertiary/aromatic N) is 5. The van der Waals surface area contributed by atoms with Crippen molar-refractivity contribution in [2.24, 2.45) is 4.40 Å². The molecule has 0 saturated heterocycles. The first kappa shape index (κ1) is 26.7. The van der Waals surface area contributed by atoms with Crippen molar-refractivity contribution in [3.8, 4) is 0 Å². The molecule has 8 nitrogen and oxygen atoms in total. The Balaban J connectivity index is 3.53. The van der Waals surface area contributed by atoms with Gasteiger partial charge in [0.1, 0.15) is 11.4 Å². The first-order valence-electron chi connectivity index (χ1n) is 10.1. The minimum absolute atomic E-state index is 0.0767.